The van der Waals surface area contributed by atoms with Gasteiger partial charge in [-0.25, -0.2) is 0 Å². The normalized spacial score (nSPS) is 27.9. The number of aryl methyl sites for hydroxylation is 2. The molecule has 0 saturated carbocycles. The Hall–Kier alpha value is -4.53. The summed E-state index contributed by atoms with van der Waals surface area (Å²) >= 11 is 3.52. The van der Waals surface area contributed by atoms with Crippen LogP contribution in [0.15, 0.2) is 77.3 Å². The zero-order valence-electron chi connectivity index (χ0n) is 47.0. The fourth-order valence-electron chi connectivity index (χ4n) is 11.2. The Morgan fingerprint density at radius 2 is 1.27 bits per heavy atom. The van der Waals surface area contributed by atoms with Gasteiger partial charge in [-0.15, -0.1) is 0 Å². The van der Waals surface area contributed by atoms with Crippen molar-refractivity contribution in [1.82, 2.24) is 9.80 Å². The van der Waals surface area contributed by atoms with Crippen LogP contribution >= 0.6 is 15.9 Å². The predicted molar refractivity (Wildman–Crippen MR) is 306 cm³/mol. The van der Waals surface area contributed by atoms with Crippen molar-refractivity contribution in [2.24, 2.45) is 11.8 Å². The molecular weight excluding hydrogens is 1060 g/mol. The van der Waals surface area contributed by atoms with E-state index in [0.29, 0.717) is 23.6 Å². The summed E-state index contributed by atoms with van der Waals surface area (Å²) in [6.07, 6.45) is -5.56. The molecule has 0 aliphatic carbocycles. The van der Waals surface area contributed by atoms with E-state index in [9.17, 15) is 39.9 Å². The molecule has 3 saturated heterocycles. The van der Waals surface area contributed by atoms with Gasteiger partial charge in [0.2, 0.25) is 0 Å². The van der Waals surface area contributed by atoms with Gasteiger partial charge < -0.3 is 58.9 Å². The number of carbonyl (C=O) groups is 3. The highest BCUT2D eigenvalue weighted by Crippen LogP contribution is 2.41. The number of benzene rings is 4. The quantitative estimate of drug-likeness (QED) is 0.0808. The Balaban J connectivity index is 0.000000193. The van der Waals surface area contributed by atoms with Crippen LogP contribution < -0.4 is 5.46 Å². The molecule has 4 aromatic rings. The number of nitrogens with zero attached hydrogens (tertiary/aromatic N) is 2. The van der Waals surface area contributed by atoms with Gasteiger partial charge in [0.1, 0.15) is 48.8 Å². The van der Waals surface area contributed by atoms with Crippen LogP contribution in [-0.2, 0) is 41.2 Å². The van der Waals surface area contributed by atoms with Crippen molar-refractivity contribution in [3.05, 3.63) is 122 Å². The lowest BCUT2D eigenvalue weighted by Gasteiger charge is -2.46. The second-order valence-electron chi connectivity index (χ2n) is 22.8. The number of hydrogen-bond acceptors (Lipinski definition) is 13. The van der Waals surface area contributed by atoms with Crippen LogP contribution in [0.1, 0.15) is 142 Å². The van der Waals surface area contributed by atoms with Crippen LogP contribution in [-0.4, -0.2) is 154 Å². The zero-order valence-corrected chi connectivity index (χ0v) is 48.5. The third-order valence-electron chi connectivity index (χ3n) is 17.0. The van der Waals surface area contributed by atoms with E-state index in [-0.39, 0.29) is 66.6 Å². The lowest BCUT2D eigenvalue weighted by Crippen LogP contribution is -2.59. The summed E-state index contributed by atoms with van der Waals surface area (Å²) in [7, 11) is 3.21. The number of aliphatic hydroxyl groups excluding tert-OH is 5. The lowest BCUT2D eigenvalue weighted by molar-refractivity contribution is -0.250. The number of likely N-dealkylation sites (N-methyl/N-ethyl adjacent to an activating group) is 2. The maximum absolute atomic E-state index is 12.5. The minimum absolute atomic E-state index is 0. The molecule has 426 valence electrons. The van der Waals surface area contributed by atoms with Gasteiger partial charge in [0.15, 0.2) is 0 Å². The van der Waals surface area contributed by atoms with E-state index in [0.717, 1.165) is 69.1 Å². The monoisotopic (exact) mass is 1140 g/mol. The van der Waals surface area contributed by atoms with Crippen LogP contribution in [0.2, 0.25) is 0 Å². The van der Waals surface area contributed by atoms with Gasteiger partial charge in [-0.05, 0) is 141 Å². The van der Waals surface area contributed by atoms with Crippen molar-refractivity contribution in [2.45, 2.75) is 175 Å². The Morgan fingerprint density at radius 1 is 0.744 bits per heavy atom. The molecule has 0 radical (unpaired) electrons. The summed E-state index contributed by atoms with van der Waals surface area (Å²) in [5.41, 5.74) is 9.23. The second-order valence-corrected chi connectivity index (χ2v) is 23.7. The molecule has 78 heavy (non-hydrogen) atoms. The van der Waals surface area contributed by atoms with Gasteiger partial charge in [-0.3, -0.25) is 14.4 Å². The maximum atomic E-state index is 12.5. The molecule has 2 amide bonds. The summed E-state index contributed by atoms with van der Waals surface area (Å²) in [5, 5.41) is 50.6. The highest BCUT2D eigenvalue weighted by atomic mass is 79.9. The van der Waals surface area contributed by atoms with Crippen LogP contribution in [0.3, 0.4) is 0 Å². The minimum atomic E-state index is -1.55. The van der Waals surface area contributed by atoms with Gasteiger partial charge in [0, 0.05) is 61.5 Å². The smallest absolute Gasteiger partial charge is 0.459 e. The molecule has 9 rings (SSSR count). The fraction of sp³-hybridized carbons (Fsp3) is 0.557. The molecule has 5 aliphatic heterocycles. The summed E-state index contributed by atoms with van der Waals surface area (Å²) in [6.45, 7) is 23.2. The highest BCUT2D eigenvalue weighted by Gasteiger charge is 2.52. The molecule has 15 nitrogen and oxygen atoms in total. The first-order valence-electron chi connectivity index (χ1n) is 27.0. The van der Waals surface area contributed by atoms with Gasteiger partial charge in [0.25, 0.3) is 11.8 Å². The van der Waals surface area contributed by atoms with Crippen molar-refractivity contribution in [3.8, 4) is 11.1 Å². The van der Waals surface area contributed by atoms with E-state index < -0.39 is 50.3 Å². The number of hydrogen-bond donors (Lipinski definition) is 5. The number of carbonyl (C=O) groups excluding carboxylic acids is 3. The molecule has 3 fully saturated rings. The average Bonchev–Trinajstić information content (AvgIpc) is 3.62. The Morgan fingerprint density at radius 3 is 1.82 bits per heavy atom. The number of aliphatic hydroxyl groups is 5. The number of fused-ring (bicyclic) bond motifs is 2. The van der Waals surface area contributed by atoms with Gasteiger partial charge in [-0.2, -0.15) is 0 Å². The van der Waals surface area contributed by atoms with Gasteiger partial charge in [-0.1, -0.05) is 99.6 Å². The van der Waals surface area contributed by atoms with Crippen molar-refractivity contribution in [3.63, 3.8) is 0 Å². The SMILES string of the molecule is C.CCC1O[C@H]([C@H](C)c2ccc(Br)cc2C)C(OC(C)=O)[C@@H](C)[C@@H]1C.CN1CCc2ccc(B3OC(C)(C)C(C)(C)O3)cc2C1=O.Cc1cc(-c2ccc3c(c2)C(=O)N(C)CC3)ccc1[C@@H](O)[C@H]1OC(CO)[C@@H](O)[C@H](O)C1O. The molecule has 0 bridgehead atoms. The van der Waals surface area contributed by atoms with E-state index in [1.165, 1.54) is 18.1 Å². The van der Waals surface area contributed by atoms with Crippen LogP contribution in [0, 0.1) is 25.7 Å². The average molecular weight is 1140 g/mol. The molecule has 4 unspecified atom stereocenters. The van der Waals surface area contributed by atoms with Crippen LogP contribution in [0.25, 0.3) is 11.1 Å². The molecule has 0 aromatic heterocycles. The summed E-state index contributed by atoms with van der Waals surface area (Å²) in [6, 6.07) is 23.5. The van der Waals surface area contributed by atoms with Crippen molar-refractivity contribution >= 4 is 46.3 Å². The second kappa shape index (κ2) is 25.5. The zero-order chi connectivity index (χ0) is 56.6. The number of amides is 2. The molecule has 5 N–H and O–H groups in total. The maximum Gasteiger partial charge on any atom is 0.494 e. The molecule has 4 aromatic carbocycles. The standard InChI is InChI=1S/C24H29NO7.C20H29BrO3.C16H22BNO3.CH4/c1-12-9-14(15-4-3-13-7-8-25(2)24(31)17(13)10-15)5-6-16(12)19(27)23-22(30)21(29)20(28)18(11-26)32-23;1-7-18-12(3)13(4)19(23-15(6)22)20(24-18)14(5)17-9-8-16(21)10-11(17)2;1-15(2)16(3,4)21-17(20-15)12-7-6-11-8-9-18(5)14(19)13(11)10-12;/h3-6,9-10,18-23,26-30H,7-8,11H2,1-2H3;8-10,12-14,18-20H,7H2,1-6H3;6-7,10H,8-9H2,1-5H3;1H4/t18?,19-,20-,21+,22?,23-;12-,13-,14+,18?,19?,20+;;/m10../s1. The van der Waals surface area contributed by atoms with E-state index >= 15 is 0 Å². The van der Waals surface area contributed by atoms with Gasteiger partial charge in [0.05, 0.1) is 23.9 Å². The first-order chi connectivity index (χ1) is 36.2. The third-order valence-corrected chi connectivity index (χ3v) is 17.5. The fourth-order valence-corrected chi connectivity index (χ4v) is 11.6. The van der Waals surface area contributed by atoms with Crippen molar-refractivity contribution in [1.29, 1.82) is 0 Å². The summed E-state index contributed by atoms with van der Waals surface area (Å²) < 4.78 is 30.8. The Bertz CT molecular complexity index is 2760. The lowest BCUT2D eigenvalue weighted by atomic mass is 9.76. The predicted octanol–water partition coefficient (Wildman–Crippen LogP) is 7.66. The first-order valence-corrected chi connectivity index (χ1v) is 27.8. The minimum Gasteiger partial charge on any atom is -0.459 e. The van der Waals surface area contributed by atoms with Gasteiger partial charge >= 0.3 is 13.1 Å². The molecule has 17 heteroatoms. The number of esters is 1. The molecule has 5 aliphatic rings. The van der Waals surface area contributed by atoms with E-state index in [4.69, 9.17) is 23.5 Å². The van der Waals surface area contributed by atoms with Crippen molar-refractivity contribution in [2.75, 3.05) is 33.8 Å². The first kappa shape index (κ1) is 62.7. The number of ether oxygens (including phenoxy) is 3. The van der Waals surface area contributed by atoms with E-state index in [2.05, 4.69) is 68.7 Å². The number of halogens is 1. The largest absolute Gasteiger partial charge is 0.494 e. The molecule has 12 atom stereocenters. The highest BCUT2D eigenvalue weighted by molar-refractivity contribution is 9.10. The molecular formula is C61H84BBrN2O13. The summed E-state index contributed by atoms with van der Waals surface area (Å²) in [4.78, 5) is 39.9. The van der Waals surface area contributed by atoms with Crippen LogP contribution in [0.5, 0.6) is 0 Å². The van der Waals surface area contributed by atoms with E-state index in [1.807, 2.05) is 90.2 Å². The van der Waals surface area contributed by atoms with Crippen molar-refractivity contribution < 1.29 is 63.4 Å². The Labute approximate surface area is 470 Å². The molecule has 0 spiro atoms. The third kappa shape index (κ3) is 13.1. The topological polar surface area (TPSA) is 205 Å². The summed E-state index contributed by atoms with van der Waals surface area (Å²) in [5.74, 6) is 0.646. The number of rotatable bonds is 9. The van der Waals surface area contributed by atoms with E-state index in [1.54, 1.807) is 22.9 Å². The molecule has 5 heterocycles. The van der Waals surface area contributed by atoms with Crippen LogP contribution in [0.4, 0.5) is 0 Å². The Kier molecular flexibility index (Phi) is 20.5.